The zero-order valence-corrected chi connectivity index (χ0v) is 8.45. The molecule has 1 N–H and O–H groups in total. The third-order valence-electron chi connectivity index (χ3n) is 1.99. The molecule has 3 heteroatoms. The van der Waals surface area contributed by atoms with Gasteiger partial charge in [-0.2, -0.15) is 0 Å². The van der Waals surface area contributed by atoms with Crippen molar-refractivity contribution in [3.05, 3.63) is 30.3 Å². The molecular formula is C11H14N2O. The minimum absolute atomic E-state index is 0.100. The number of benzene rings is 1. The summed E-state index contributed by atoms with van der Waals surface area (Å²) in [6.07, 6.45) is 0. The van der Waals surface area contributed by atoms with Crippen LogP contribution in [0.15, 0.2) is 35.3 Å². The SMILES string of the molecule is CC1(C)COC(Nc2ccccc2)=N1. The molecular weight excluding hydrogens is 176 g/mol. The van der Waals surface area contributed by atoms with Gasteiger partial charge in [-0.3, -0.25) is 0 Å². The Kier molecular flexibility index (Phi) is 2.15. The van der Waals surface area contributed by atoms with E-state index in [1.807, 2.05) is 44.2 Å². The van der Waals surface area contributed by atoms with Gasteiger partial charge < -0.3 is 10.1 Å². The number of rotatable bonds is 1. The summed E-state index contributed by atoms with van der Waals surface area (Å²) < 4.78 is 5.41. The second-order valence-electron chi connectivity index (χ2n) is 4.01. The molecule has 3 nitrogen and oxygen atoms in total. The number of hydrogen-bond acceptors (Lipinski definition) is 3. The van der Waals surface area contributed by atoms with E-state index in [0.29, 0.717) is 12.6 Å². The fourth-order valence-corrected chi connectivity index (χ4v) is 1.29. The quantitative estimate of drug-likeness (QED) is 0.737. The maximum absolute atomic E-state index is 5.41. The van der Waals surface area contributed by atoms with Gasteiger partial charge >= 0.3 is 0 Å². The van der Waals surface area contributed by atoms with E-state index in [2.05, 4.69) is 10.3 Å². The van der Waals surface area contributed by atoms with Gasteiger partial charge in [0.05, 0.1) is 5.54 Å². The average Bonchev–Trinajstić information content (AvgIpc) is 2.47. The lowest BCUT2D eigenvalue weighted by atomic mass is 10.1. The molecule has 0 unspecified atom stereocenters. The van der Waals surface area contributed by atoms with Crippen LogP contribution >= 0.6 is 0 Å². The molecule has 0 radical (unpaired) electrons. The Labute approximate surface area is 83.8 Å². The van der Waals surface area contributed by atoms with Crippen molar-refractivity contribution in [2.45, 2.75) is 19.4 Å². The minimum atomic E-state index is -0.100. The summed E-state index contributed by atoms with van der Waals surface area (Å²) >= 11 is 0. The fourth-order valence-electron chi connectivity index (χ4n) is 1.29. The van der Waals surface area contributed by atoms with E-state index >= 15 is 0 Å². The van der Waals surface area contributed by atoms with Gasteiger partial charge in [0, 0.05) is 5.69 Å². The van der Waals surface area contributed by atoms with Crippen molar-refractivity contribution in [2.24, 2.45) is 4.99 Å². The van der Waals surface area contributed by atoms with Crippen LogP contribution in [0.4, 0.5) is 5.69 Å². The lowest BCUT2D eigenvalue weighted by Gasteiger charge is -2.07. The Morgan fingerprint density at radius 3 is 2.57 bits per heavy atom. The molecule has 0 spiro atoms. The molecule has 0 saturated carbocycles. The molecule has 0 amide bonds. The number of ether oxygens (including phenoxy) is 1. The highest BCUT2D eigenvalue weighted by molar-refractivity contribution is 5.90. The van der Waals surface area contributed by atoms with Gasteiger partial charge in [0.15, 0.2) is 0 Å². The molecule has 1 heterocycles. The summed E-state index contributed by atoms with van der Waals surface area (Å²) in [7, 11) is 0. The zero-order chi connectivity index (χ0) is 10.0. The van der Waals surface area contributed by atoms with Crippen LogP contribution in [-0.4, -0.2) is 18.2 Å². The minimum Gasteiger partial charge on any atom is -0.462 e. The molecule has 1 aromatic rings. The predicted octanol–water partition coefficient (Wildman–Crippen LogP) is 2.26. The summed E-state index contributed by atoms with van der Waals surface area (Å²) in [6.45, 7) is 4.74. The second kappa shape index (κ2) is 3.33. The lowest BCUT2D eigenvalue weighted by molar-refractivity contribution is 0.278. The van der Waals surface area contributed by atoms with Crippen LogP contribution in [0.2, 0.25) is 0 Å². The zero-order valence-electron chi connectivity index (χ0n) is 8.45. The molecule has 1 aliphatic rings. The predicted molar refractivity (Wildman–Crippen MR) is 57.5 cm³/mol. The van der Waals surface area contributed by atoms with Gasteiger partial charge in [-0.25, -0.2) is 4.99 Å². The molecule has 0 fully saturated rings. The summed E-state index contributed by atoms with van der Waals surface area (Å²) in [4.78, 5) is 4.40. The molecule has 0 aromatic heterocycles. The molecule has 1 aromatic carbocycles. The van der Waals surface area contributed by atoms with Crippen molar-refractivity contribution in [1.29, 1.82) is 0 Å². The lowest BCUT2D eigenvalue weighted by Crippen LogP contribution is -2.17. The van der Waals surface area contributed by atoms with Crippen LogP contribution in [0.1, 0.15) is 13.8 Å². The third-order valence-corrected chi connectivity index (χ3v) is 1.99. The van der Waals surface area contributed by atoms with Crippen molar-refractivity contribution in [3.8, 4) is 0 Å². The maximum Gasteiger partial charge on any atom is 0.289 e. The Balaban J connectivity index is 2.07. The van der Waals surface area contributed by atoms with E-state index in [4.69, 9.17) is 4.74 Å². The maximum atomic E-state index is 5.41. The van der Waals surface area contributed by atoms with Gasteiger partial charge in [-0.1, -0.05) is 18.2 Å². The summed E-state index contributed by atoms with van der Waals surface area (Å²) in [5.74, 6) is 0. The van der Waals surface area contributed by atoms with Gasteiger partial charge in [0.1, 0.15) is 6.61 Å². The third kappa shape index (κ3) is 2.05. The Morgan fingerprint density at radius 2 is 2.00 bits per heavy atom. The van der Waals surface area contributed by atoms with Gasteiger partial charge in [-0.15, -0.1) is 0 Å². The van der Waals surface area contributed by atoms with Gasteiger partial charge in [0.2, 0.25) is 0 Å². The Morgan fingerprint density at radius 1 is 1.29 bits per heavy atom. The van der Waals surface area contributed by atoms with Crippen LogP contribution < -0.4 is 5.32 Å². The first-order chi connectivity index (χ1) is 6.66. The van der Waals surface area contributed by atoms with Crippen LogP contribution in [0, 0.1) is 0 Å². The number of nitrogens with zero attached hydrogens (tertiary/aromatic N) is 1. The summed E-state index contributed by atoms with van der Waals surface area (Å²) in [5, 5.41) is 3.12. The van der Waals surface area contributed by atoms with Gasteiger partial charge in [0.25, 0.3) is 6.02 Å². The van der Waals surface area contributed by atoms with Crippen molar-refractivity contribution in [1.82, 2.24) is 0 Å². The molecule has 0 atom stereocenters. The van der Waals surface area contributed by atoms with E-state index in [1.54, 1.807) is 0 Å². The highest BCUT2D eigenvalue weighted by atomic mass is 16.5. The first kappa shape index (κ1) is 9.06. The number of para-hydroxylation sites is 1. The smallest absolute Gasteiger partial charge is 0.289 e. The number of aliphatic imine (C=N–C) groups is 1. The van der Waals surface area contributed by atoms with Gasteiger partial charge in [-0.05, 0) is 26.0 Å². The summed E-state index contributed by atoms with van der Waals surface area (Å²) in [5.41, 5.74) is 0.904. The van der Waals surface area contributed by atoms with Crippen molar-refractivity contribution >= 4 is 11.7 Å². The highest BCUT2D eigenvalue weighted by Gasteiger charge is 2.26. The normalized spacial score (nSPS) is 18.6. The molecule has 0 aliphatic carbocycles. The average molecular weight is 190 g/mol. The summed E-state index contributed by atoms with van der Waals surface area (Å²) in [6, 6.07) is 10.5. The van der Waals surface area contributed by atoms with Crippen molar-refractivity contribution in [2.75, 3.05) is 11.9 Å². The molecule has 0 saturated heterocycles. The Bertz CT molecular complexity index is 344. The first-order valence-corrected chi connectivity index (χ1v) is 4.70. The van der Waals surface area contributed by atoms with E-state index < -0.39 is 0 Å². The molecule has 1 aliphatic heterocycles. The topological polar surface area (TPSA) is 33.6 Å². The van der Waals surface area contributed by atoms with Crippen molar-refractivity contribution < 1.29 is 4.74 Å². The standard InChI is InChI=1S/C11H14N2O/c1-11(2)8-14-10(13-11)12-9-6-4-3-5-7-9/h3-7H,8H2,1-2H3,(H,12,13). The highest BCUT2D eigenvalue weighted by Crippen LogP contribution is 2.18. The van der Waals surface area contributed by atoms with E-state index in [1.165, 1.54) is 0 Å². The largest absolute Gasteiger partial charge is 0.462 e. The van der Waals surface area contributed by atoms with E-state index in [9.17, 15) is 0 Å². The first-order valence-electron chi connectivity index (χ1n) is 4.70. The number of anilines is 1. The second-order valence-corrected chi connectivity index (χ2v) is 4.01. The molecule has 14 heavy (non-hydrogen) atoms. The molecule has 74 valence electrons. The van der Waals surface area contributed by atoms with Crippen LogP contribution in [0.5, 0.6) is 0 Å². The van der Waals surface area contributed by atoms with Crippen molar-refractivity contribution in [3.63, 3.8) is 0 Å². The Hall–Kier alpha value is -1.51. The number of amidine groups is 1. The van der Waals surface area contributed by atoms with Crippen LogP contribution in [-0.2, 0) is 4.74 Å². The van der Waals surface area contributed by atoms with E-state index in [-0.39, 0.29) is 5.54 Å². The molecule has 2 rings (SSSR count). The number of hydrogen-bond donors (Lipinski definition) is 1. The van der Waals surface area contributed by atoms with Crippen LogP contribution in [0.25, 0.3) is 0 Å². The number of nitrogens with one attached hydrogen (secondary N) is 1. The van der Waals surface area contributed by atoms with Crippen LogP contribution in [0.3, 0.4) is 0 Å². The molecule has 0 bridgehead atoms. The fraction of sp³-hybridized carbons (Fsp3) is 0.364. The van der Waals surface area contributed by atoms with E-state index in [0.717, 1.165) is 5.69 Å². The monoisotopic (exact) mass is 190 g/mol.